The minimum atomic E-state index is -0.415. The van der Waals surface area contributed by atoms with Gasteiger partial charge in [0.2, 0.25) is 0 Å². The van der Waals surface area contributed by atoms with Gasteiger partial charge >= 0.3 is 5.97 Å². The molecule has 0 aliphatic carbocycles. The van der Waals surface area contributed by atoms with Gasteiger partial charge in [0, 0.05) is 5.39 Å². The number of carbonyl (C=O) groups is 1. The predicted octanol–water partition coefficient (Wildman–Crippen LogP) is 3.75. The lowest BCUT2D eigenvalue weighted by molar-refractivity contribution is 0.0594. The van der Waals surface area contributed by atoms with Crippen LogP contribution in [0.3, 0.4) is 0 Å². The Morgan fingerprint density at radius 3 is 2.84 bits per heavy atom. The Bertz CT molecular complexity index is 735. The molecule has 19 heavy (non-hydrogen) atoms. The van der Waals surface area contributed by atoms with E-state index in [1.165, 1.54) is 7.11 Å². The third-order valence-corrected chi connectivity index (χ3v) is 3.63. The Balaban J connectivity index is 2.31. The fourth-order valence-electron chi connectivity index (χ4n) is 2.04. The normalized spacial score (nSPS) is 10.6. The van der Waals surface area contributed by atoms with Crippen LogP contribution in [0, 0.1) is 0 Å². The van der Waals surface area contributed by atoms with E-state index in [0.717, 1.165) is 22.0 Å². The average molecular weight is 269 g/mol. The van der Waals surface area contributed by atoms with E-state index in [-0.39, 0.29) is 0 Å². The zero-order valence-corrected chi connectivity index (χ0v) is 11.1. The Morgan fingerprint density at radius 2 is 2.11 bits per heavy atom. The summed E-state index contributed by atoms with van der Waals surface area (Å²) in [5.74, 6) is -0.415. The molecule has 3 aromatic rings. The monoisotopic (exact) mass is 269 g/mol. The van der Waals surface area contributed by atoms with Crippen molar-refractivity contribution < 1.29 is 9.53 Å². The molecule has 0 N–H and O–H groups in total. The molecule has 2 aromatic heterocycles. The second-order valence-corrected chi connectivity index (χ2v) is 4.86. The van der Waals surface area contributed by atoms with Gasteiger partial charge in [-0.15, -0.1) is 0 Å². The van der Waals surface area contributed by atoms with Crippen LogP contribution in [0.1, 0.15) is 10.5 Å². The highest BCUT2D eigenvalue weighted by Gasteiger charge is 2.13. The number of thiophene rings is 1. The van der Waals surface area contributed by atoms with E-state index in [0.29, 0.717) is 5.69 Å². The van der Waals surface area contributed by atoms with Gasteiger partial charge < -0.3 is 4.74 Å². The number of hydrogen-bond donors (Lipinski definition) is 0. The number of fused-ring (bicyclic) bond motifs is 1. The predicted molar refractivity (Wildman–Crippen MR) is 76.4 cm³/mol. The van der Waals surface area contributed by atoms with Crippen molar-refractivity contribution in [2.75, 3.05) is 7.11 Å². The van der Waals surface area contributed by atoms with Gasteiger partial charge in [0.1, 0.15) is 5.69 Å². The van der Waals surface area contributed by atoms with E-state index in [1.807, 2.05) is 35.7 Å². The summed E-state index contributed by atoms with van der Waals surface area (Å²) in [6.45, 7) is 0. The van der Waals surface area contributed by atoms with Crippen molar-refractivity contribution in [2.45, 2.75) is 0 Å². The summed E-state index contributed by atoms with van der Waals surface area (Å²) >= 11 is 1.63. The summed E-state index contributed by atoms with van der Waals surface area (Å²) in [6, 6.07) is 11.6. The van der Waals surface area contributed by atoms with Gasteiger partial charge in [-0.25, -0.2) is 9.78 Å². The van der Waals surface area contributed by atoms with Gasteiger partial charge in [0.25, 0.3) is 0 Å². The van der Waals surface area contributed by atoms with Crippen LogP contribution >= 0.6 is 11.3 Å². The zero-order valence-electron chi connectivity index (χ0n) is 10.3. The molecule has 0 saturated heterocycles. The minimum absolute atomic E-state index is 0.336. The van der Waals surface area contributed by atoms with Crippen molar-refractivity contribution in [2.24, 2.45) is 0 Å². The topological polar surface area (TPSA) is 39.2 Å². The van der Waals surface area contributed by atoms with Crippen molar-refractivity contribution in [1.29, 1.82) is 0 Å². The van der Waals surface area contributed by atoms with Crippen LogP contribution < -0.4 is 0 Å². The summed E-state index contributed by atoms with van der Waals surface area (Å²) in [7, 11) is 1.36. The largest absolute Gasteiger partial charge is 0.464 e. The van der Waals surface area contributed by atoms with Crippen LogP contribution in [0.2, 0.25) is 0 Å². The maximum Gasteiger partial charge on any atom is 0.356 e. The second-order valence-electron chi connectivity index (χ2n) is 4.08. The van der Waals surface area contributed by atoms with Crippen LogP contribution in [-0.2, 0) is 4.74 Å². The van der Waals surface area contributed by atoms with Crippen LogP contribution in [0.5, 0.6) is 0 Å². The first-order chi connectivity index (χ1) is 9.29. The summed E-state index contributed by atoms with van der Waals surface area (Å²) in [5.41, 5.74) is 3.23. The lowest BCUT2D eigenvalue weighted by Gasteiger charge is -2.07. The van der Waals surface area contributed by atoms with Crippen LogP contribution in [0.4, 0.5) is 0 Å². The average Bonchev–Trinajstić information content (AvgIpc) is 2.99. The van der Waals surface area contributed by atoms with E-state index in [9.17, 15) is 4.79 Å². The molecule has 0 aliphatic rings. The third kappa shape index (κ3) is 2.11. The molecule has 0 saturated carbocycles. The first-order valence-electron chi connectivity index (χ1n) is 5.80. The van der Waals surface area contributed by atoms with E-state index in [4.69, 9.17) is 4.74 Å². The van der Waals surface area contributed by atoms with Crippen molar-refractivity contribution in [3.05, 3.63) is 52.9 Å². The molecule has 0 unspecified atom stereocenters. The maximum atomic E-state index is 11.7. The molecule has 0 aliphatic heterocycles. The second kappa shape index (κ2) is 4.82. The summed E-state index contributed by atoms with van der Waals surface area (Å²) in [6.07, 6.45) is 0. The van der Waals surface area contributed by atoms with Crippen molar-refractivity contribution in [1.82, 2.24) is 4.98 Å². The molecule has 0 spiro atoms. The number of aromatic nitrogens is 1. The Hall–Kier alpha value is -2.20. The fraction of sp³-hybridized carbons (Fsp3) is 0.0667. The molecular weight excluding hydrogens is 258 g/mol. The molecule has 0 radical (unpaired) electrons. The van der Waals surface area contributed by atoms with Gasteiger partial charge in [0.05, 0.1) is 12.6 Å². The van der Waals surface area contributed by atoms with E-state index in [2.05, 4.69) is 10.4 Å². The number of rotatable bonds is 2. The highest BCUT2D eigenvalue weighted by molar-refractivity contribution is 7.08. The number of nitrogens with zero attached hydrogens (tertiary/aromatic N) is 1. The molecule has 0 atom stereocenters. The van der Waals surface area contributed by atoms with E-state index in [1.54, 1.807) is 17.4 Å². The van der Waals surface area contributed by atoms with E-state index >= 15 is 0 Å². The summed E-state index contributed by atoms with van der Waals surface area (Å²) in [4.78, 5) is 16.0. The van der Waals surface area contributed by atoms with Crippen LogP contribution in [-0.4, -0.2) is 18.1 Å². The molecule has 1 aromatic carbocycles. The molecular formula is C15H11NO2S. The van der Waals surface area contributed by atoms with Gasteiger partial charge in [-0.1, -0.05) is 18.2 Å². The number of esters is 1. The number of methoxy groups -OCH3 is 1. The molecule has 0 fully saturated rings. The van der Waals surface area contributed by atoms with Crippen molar-refractivity contribution in [3.8, 4) is 11.1 Å². The minimum Gasteiger partial charge on any atom is -0.464 e. The Kier molecular flexibility index (Phi) is 3.01. The highest BCUT2D eigenvalue weighted by Crippen LogP contribution is 2.30. The smallest absolute Gasteiger partial charge is 0.356 e. The Labute approximate surface area is 114 Å². The first kappa shape index (κ1) is 11.9. The van der Waals surface area contributed by atoms with Crippen molar-refractivity contribution >= 4 is 28.2 Å². The number of carbonyl (C=O) groups excluding carboxylic acids is 1. The van der Waals surface area contributed by atoms with Crippen LogP contribution in [0.25, 0.3) is 22.0 Å². The van der Waals surface area contributed by atoms with Gasteiger partial charge in [-0.3, -0.25) is 0 Å². The highest BCUT2D eigenvalue weighted by atomic mass is 32.1. The number of ether oxygens (including phenoxy) is 1. The molecule has 3 nitrogen and oxygen atoms in total. The first-order valence-corrected chi connectivity index (χ1v) is 6.74. The SMILES string of the molecule is COC(=O)c1cc(-c2ccsc2)c2ccccc2n1. The standard InChI is InChI=1S/C15H11NO2S/c1-18-15(17)14-8-12(10-6-7-19-9-10)11-4-2-3-5-13(11)16-14/h2-9H,1H3. The lowest BCUT2D eigenvalue weighted by atomic mass is 10.0. The number of para-hydroxylation sites is 1. The summed E-state index contributed by atoms with van der Waals surface area (Å²) < 4.78 is 4.76. The number of hydrogen-bond acceptors (Lipinski definition) is 4. The van der Waals surface area contributed by atoms with Gasteiger partial charge in [-0.2, -0.15) is 11.3 Å². The molecule has 94 valence electrons. The molecule has 2 heterocycles. The van der Waals surface area contributed by atoms with Gasteiger partial charge in [0.15, 0.2) is 0 Å². The molecule has 0 bridgehead atoms. The summed E-state index contributed by atoms with van der Waals surface area (Å²) in [5, 5.41) is 5.11. The van der Waals surface area contributed by atoms with E-state index < -0.39 is 5.97 Å². The molecule has 3 rings (SSSR count). The number of pyridine rings is 1. The quantitative estimate of drug-likeness (QED) is 0.665. The molecule has 0 amide bonds. The Morgan fingerprint density at radius 1 is 1.26 bits per heavy atom. The fourth-order valence-corrected chi connectivity index (χ4v) is 2.70. The molecule has 4 heteroatoms. The lowest BCUT2D eigenvalue weighted by Crippen LogP contribution is -2.04. The third-order valence-electron chi connectivity index (χ3n) is 2.94. The van der Waals surface area contributed by atoms with Crippen molar-refractivity contribution in [3.63, 3.8) is 0 Å². The zero-order chi connectivity index (χ0) is 13.2. The van der Waals surface area contributed by atoms with Crippen LogP contribution in [0.15, 0.2) is 47.2 Å². The van der Waals surface area contributed by atoms with Gasteiger partial charge in [-0.05, 0) is 40.1 Å². The maximum absolute atomic E-state index is 11.7. The number of benzene rings is 1.